The summed E-state index contributed by atoms with van der Waals surface area (Å²) in [7, 11) is -3.61. The van der Waals surface area contributed by atoms with E-state index in [1.165, 1.54) is 4.31 Å². The van der Waals surface area contributed by atoms with Gasteiger partial charge in [0.05, 0.1) is 17.7 Å². The fourth-order valence-corrected chi connectivity index (χ4v) is 4.36. The largest absolute Gasteiger partial charge is 0.374 e. The Balaban J connectivity index is 2.32. The Morgan fingerprint density at radius 2 is 2.24 bits per heavy atom. The van der Waals surface area contributed by atoms with Crippen molar-refractivity contribution in [3.8, 4) is 0 Å². The average Bonchev–Trinajstić information content (AvgIpc) is 2.49. The highest BCUT2D eigenvalue weighted by Crippen LogP contribution is 2.27. The van der Waals surface area contributed by atoms with Crippen molar-refractivity contribution < 1.29 is 13.2 Å². The third kappa shape index (κ3) is 3.76. The monoisotopic (exact) mass is 332 g/mol. The zero-order valence-corrected chi connectivity index (χ0v) is 13.7. The summed E-state index contributed by atoms with van der Waals surface area (Å²) in [6, 6.07) is 5.20. The van der Waals surface area contributed by atoms with Gasteiger partial charge in [-0.15, -0.1) is 0 Å². The Kier molecular flexibility index (Phi) is 5.62. The quantitative estimate of drug-likeness (QED) is 0.889. The first-order chi connectivity index (χ1) is 9.98. The Hall–Kier alpha value is -0.660. The number of halogens is 1. The van der Waals surface area contributed by atoms with Crippen molar-refractivity contribution in [2.75, 3.05) is 26.2 Å². The fraction of sp³-hybridized carbons (Fsp3) is 0.571. The van der Waals surface area contributed by atoms with Gasteiger partial charge in [-0.3, -0.25) is 0 Å². The van der Waals surface area contributed by atoms with Crippen LogP contribution in [0.4, 0.5) is 0 Å². The number of benzene rings is 1. The van der Waals surface area contributed by atoms with Crippen molar-refractivity contribution in [2.24, 2.45) is 5.73 Å². The highest BCUT2D eigenvalue weighted by molar-refractivity contribution is 7.89. The summed E-state index contributed by atoms with van der Waals surface area (Å²) in [5.41, 5.74) is 6.54. The Bertz CT molecular complexity index is 592. The van der Waals surface area contributed by atoms with Crippen LogP contribution in [0.1, 0.15) is 18.9 Å². The van der Waals surface area contributed by atoms with Gasteiger partial charge in [0.2, 0.25) is 10.0 Å². The Morgan fingerprint density at radius 1 is 1.48 bits per heavy atom. The molecule has 1 aliphatic rings. The highest BCUT2D eigenvalue weighted by Gasteiger charge is 2.31. The lowest BCUT2D eigenvalue weighted by molar-refractivity contribution is 0.00451. The smallest absolute Gasteiger partial charge is 0.244 e. The SMILES string of the molecule is CCCc1ccc(Cl)c(S(=O)(=O)N2CCOC(CN)C2)c1. The van der Waals surface area contributed by atoms with Crippen LogP contribution in [0.5, 0.6) is 0 Å². The molecule has 0 saturated carbocycles. The third-order valence-corrected chi connectivity index (χ3v) is 5.86. The number of nitrogens with zero attached hydrogens (tertiary/aromatic N) is 1. The molecule has 118 valence electrons. The molecular formula is C14H21ClN2O3S. The third-order valence-electron chi connectivity index (χ3n) is 3.52. The average molecular weight is 333 g/mol. The highest BCUT2D eigenvalue weighted by atomic mass is 35.5. The molecule has 1 heterocycles. The molecule has 21 heavy (non-hydrogen) atoms. The van der Waals surface area contributed by atoms with Gasteiger partial charge >= 0.3 is 0 Å². The topological polar surface area (TPSA) is 72.6 Å². The normalized spacial score (nSPS) is 20.6. The van der Waals surface area contributed by atoms with E-state index < -0.39 is 10.0 Å². The van der Waals surface area contributed by atoms with Crippen molar-refractivity contribution in [2.45, 2.75) is 30.8 Å². The minimum absolute atomic E-state index is 0.174. The van der Waals surface area contributed by atoms with E-state index in [1.54, 1.807) is 12.1 Å². The van der Waals surface area contributed by atoms with Gasteiger partial charge < -0.3 is 10.5 Å². The van der Waals surface area contributed by atoms with Crippen LogP contribution in [0, 0.1) is 0 Å². The maximum Gasteiger partial charge on any atom is 0.244 e. The van der Waals surface area contributed by atoms with Gasteiger partial charge in [-0.05, 0) is 24.1 Å². The van der Waals surface area contributed by atoms with E-state index in [2.05, 4.69) is 6.92 Å². The van der Waals surface area contributed by atoms with Gasteiger partial charge in [-0.2, -0.15) is 4.31 Å². The molecule has 0 bridgehead atoms. The number of morpholine rings is 1. The van der Waals surface area contributed by atoms with Crippen LogP contribution >= 0.6 is 11.6 Å². The van der Waals surface area contributed by atoms with E-state index in [1.807, 2.05) is 6.07 Å². The number of sulfonamides is 1. The van der Waals surface area contributed by atoms with Crippen molar-refractivity contribution >= 4 is 21.6 Å². The minimum Gasteiger partial charge on any atom is -0.374 e. The molecule has 1 aromatic rings. The number of rotatable bonds is 5. The van der Waals surface area contributed by atoms with Crippen LogP contribution in [0.25, 0.3) is 0 Å². The number of ether oxygens (including phenoxy) is 1. The van der Waals surface area contributed by atoms with Crippen LogP contribution in [0.3, 0.4) is 0 Å². The lowest BCUT2D eigenvalue weighted by Crippen LogP contribution is -2.48. The van der Waals surface area contributed by atoms with Gasteiger partial charge in [-0.1, -0.05) is 31.0 Å². The number of hydrogen-bond acceptors (Lipinski definition) is 4. The lowest BCUT2D eigenvalue weighted by Gasteiger charge is -2.31. The summed E-state index contributed by atoms with van der Waals surface area (Å²) < 4.78 is 32.4. The van der Waals surface area contributed by atoms with Crippen molar-refractivity contribution in [3.05, 3.63) is 28.8 Å². The van der Waals surface area contributed by atoms with E-state index in [-0.39, 0.29) is 22.6 Å². The summed E-state index contributed by atoms with van der Waals surface area (Å²) in [6.45, 7) is 3.31. The van der Waals surface area contributed by atoms with Gasteiger partial charge in [0.25, 0.3) is 0 Å². The Labute approximate surface area is 131 Å². The summed E-state index contributed by atoms with van der Waals surface area (Å²) >= 11 is 6.11. The zero-order valence-electron chi connectivity index (χ0n) is 12.1. The molecule has 0 spiro atoms. The minimum atomic E-state index is -3.61. The molecule has 1 saturated heterocycles. The molecule has 0 aromatic heterocycles. The zero-order chi connectivity index (χ0) is 15.5. The number of hydrogen-bond donors (Lipinski definition) is 1. The first-order valence-electron chi connectivity index (χ1n) is 7.09. The summed E-state index contributed by atoms with van der Waals surface area (Å²) in [6.07, 6.45) is 1.52. The number of nitrogens with two attached hydrogens (primary N) is 1. The van der Waals surface area contributed by atoms with Crippen LogP contribution in [-0.2, 0) is 21.2 Å². The van der Waals surface area contributed by atoms with E-state index in [9.17, 15) is 8.42 Å². The summed E-state index contributed by atoms with van der Waals surface area (Å²) in [4.78, 5) is 0.174. The molecule has 1 atom stereocenters. The van der Waals surface area contributed by atoms with Crippen molar-refractivity contribution in [1.82, 2.24) is 4.31 Å². The molecule has 1 aromatic carbocycles. The first-order valence-corrected chi connectivity index (χ1v) is 8.91. The second-order valence-corrected chi connectivity index (χ2v) is 7.42. The number of aryl methyl sites for hydroxylation is 1. The van der Waals surface area contributed by atoms with Gasteiger partial charge in [0.1, 0.15) is 4.90 Å². The summed E-state index contributed by atoms with van der Waals surface area (Å²) in [5.74, 6) is 0. The molecule has 5 nitrogen and oxygen atoms in total. The van der Waals surface area contributed by atoms with Crippen LogP contribution in [-0.4, -0.2) is 45.1 Å². The second kappa shape index (κ2) is 7.07. The molecule has 0 amide bonds. The molecule has 2 rings (SSSR count). The van der Waals surface area contributed by atoms with Gasteiger partial charge in [-0.25, -0.2) is 8.42 Å². The van der Waals surface area contributed by atoms with E-state index >= 15 is 0 Å². The lowest BCUT2D eigenvalue weighted by atomic mass is 10.1. The maximum atomic E-state index is 12.8. The van der Waals surface area contributed by atoms with Crippen LogP contribution in [0.2, 0.25) is 5.02 Å². The molecule has 0 radical (unpaired) electrons. The standard InChI is InChI=1S/C14H21ClN2O3S/c1-2-3-11-4-5-13(15)14(8-11)21(18,19)17-6-7-20-12(9-16)10-17/h4-5,8,12H,2-3,6-7,9-10,16H2,1H3. The molecule has 7 heteroatoms. The molecular weight excluding hydrogens is 312 g/mol. The summed E-state index contributed by atoms with van der Waals surface area (Å²) in [5, 5.41) is 0.255. The molecule has 1 unspecified atom stereocenters. The van der Waals surface area contributed by atoms with Crippen LogP contribution < -0.4 is 5.73 Å². The second-order valence-electron chi connectivity index (χ2n) is 5.11. The molecule has 0 aliphatic carbocycles. The van der Waals surface area contributed by atoms with E-state index in [0.717, 1.165) is 18.4 Å². The fourth-order valence-electron chi connectivity index (χ4n) is 2.38. The molecule has 1 aliphatic heterocycles. The van der Waals surface area contributed by atoms with Gasteiger partial charge in [0, 0.05) is 19.6 Å². The van der Waals surface area contributed by atoms with E-state index in [0.29, 0.717) is 19.7 Å². The van der Waals surface area contributed by atoms with Gasteiger partial charge in [0.15, 0.2) is 0 Å². The first kappa shape index (κ1) is 16.7. The molecule has 2 N–H and O–H groups in total. The van der Waals surface area contributed by atoms with Crippen molar-refractivity contribution in [1.29, 1.82) is 0 Å². The molecule has 1 fully saturated rings. The van der Waals surface area contributed by atoms with Crippen molar-refractivity contribution in [3.63, 3.8) is 0 Å². The maximum absolute atomic E-state index is 12.8. The predicted octanol–water partition coefficient (Wildman–Crippen LogP) is 1.64. The van der Waals surface area contributed by atoms with E-state index in [4.69, 9.17) is 22.1 Å². The Morgan fingerprint density at radius 3 is 2.90 bits per heavy atom. The van der Waals surface area contributed by atoms with Crippen LogP contribution in [0.15, 0.2) is 23.1 Å². The predicted molar refractivity (Wildman–Crippen MR) is 83.0 cm³/mol.